The predicted molar refractivity (Wildman–Crippen MR) is 84.5 cm³/mol. The maximum atomic E-state index is 6.28. The average Bonchev–Trinajstić information content (AvgIpc) is 3.14. The molecule has 21 heavy (non-hydrogen) atoms. The van der Waals surface area contributed by atoms with E-state index in [0.717, 1.165) is 33.0 Å². The van der Waals surface area contributed by atoms with Gasteiger partial charge >= 0.3 is 0 Å². The number of ether oxygens (including phenoxy) is 2. The van der Waals surface area contributed by atoms with Gasteiger partial charge in [-0.25, -0.2) is 4.98 Å². The van der Waals surface area contributed by atoms with Gasteiger partial charge in [0.25, 0.3) is 0 Å². The first-order valence-electron chi connectivity index (χ1n) is 6.45. The van der Waals surface area contributed by atoms with Crippen LogP contribution in [0, 0.1) is 0 Å². The molecule has 4 rings (SSSR count). The number of thiazole rings is 1. The summed E-state index contributed by atoms with van der Waals surface area (Å²) in [6.45, 7) is 0.934. The van der Waals surface area contributed by atoms with E-state index in [1.807, 2.05) is 35.8 Å². The van der Waals surface area contributed by atoms with E-state index in [1.54, 1.807) is 11.3 Å². The number of rotatable bonds is 3. The summed E-state index contributed by atoms with van der Waals surface area (Å²) >= 11 is 7.88. The first kappa shape index (κ1) is 12.7. The topological polar surface area (TPSA) is 43.4 Å². The molecule has 1 aliphatic rings. The lowest BCUT2D eigenvalue weighted by molar-refractivity contribution is 0.174. The quantitative estimate of drug-likeness (QED) is 0.782. The zero-order chi connectivity index (χ0) is 14.2. The highest BCUT2D eigenvalue weighted by Gasteiger charge is 2.14. The zero-order valence-corrected chi connectivity index (χ0v) is 12.5. The molecule has 0 bridgehead atoms. The number of nitrogens with zero attached hydrogens (tertiary/aromatic N) is 1. The highest BCUT2D eigenvalue weighted by atomic mass is 35.5. The zero-order valence-electron chi connectivity index (χ0n) is 10.9. The molecule has 106 valence electrons. The number of anilines is 1. The normalized spacial score (nSPS) is 12.8. The van der Waals surface area contributed by atoms with Crippen molar-refractivity contribution in [1.29, 1.82) is 0 Å². The summed E-state index contributed by atoms with van der Waals surface area (Å²) in [6, 6.07) is 9.79. The SMILES string of the molecule is Clc1ccc2scnc2c1NCc1ccc2c(c1)OCO2. The van der Waals surface area contributed by atoms with Gasteiger partial charge in [-0.15, -0.1) is 11.3 Å². The van der Waals surface area contributed by atoms with Crippen LogP contribution in [0.1, 0.15) is 5.56 Å². The molecule has 0 spiro atoms. The maximum absolute atomic E-state index is 6.28. The van der Waals surface area contributed by atoms with E-state index in [-0.39, 0.29) is 6.79 Å². The molecule has 3 aromatic rings. The van der Waals surface area contributed by atoms with Crippen LogP contribution in [-0.4, -0.2) is 11.8 Å². The third-order valence-electron chi connectivity index (χ3n) is 3.36. The minimum Gasteiger partial charge on any atom is -0.454 e. The summed E-state index contributed by atoms with van der Waals surface area (Å²) in [5.74, 6) is 1.57. The Labute approximate surface area is 130 Å². The second-order valence-corrected chi connectivity index (χ2v) is 5.96. The molecule has 2 aromatic carbocycles. The van der Waals surface area contributed by atoms with Crippen LogP contribution in [0.3, 0.4) is 0 Å². The maximum Gasteiger partial charge on any atom is 0.231 e. The summed E-state index contributed by atoms with van der Waals surface area (Å²) in [5, 5.41) is 4.04. The molecule has 0 saturated carbocycles. The van der Waals surface area contributed by atoms with Crippen molar-refractivity contribution in [3.8, 4) is 11.5 Å². The lowest BCUT2D eigenvalue weighted by Gasteiger charge is -2.09. The molecule has 2 heterocycles. The van der Waals surface area contributed by atoms with Crippen molar-refractivity contribution in [2.24, 2.45) is 0 Å². The van der Waals surface area contributed by atoms with Crippen molar-refractivity contribution in [2.75, 3.05) is 12.1 Å². The molecular weight excluding hydrogens is 308 g/mol. The number of nitrogens with one attached hydrogen (secondary N) is 1. The summed E-state index contributed by atoms with van der Waals surface area (Å²) in [7, 11) is 0. The highest BCUT2D eigenvalue weighted by molar-refractivity contribution is 7.16. The van der Waals surface area contributed by atoms with Crippen molar-refractivity contribution in [3.63, 3.8) is 0 Å². The molecule has 0 radical (unpaired) electrons. The predicted octanol–water partition coefficient (Wildman–Crippen LogP) is 4.29. The van der Waals surface area contributed by atoms with E-state index in [2.05, 4.69) is 10.3 Å². The monoisotopic (exact) mass is 318 g/mol. The van der Waals surface area contributed by atoms with E-state index >= 15 is 0 Å². The Balaban J connectivity index is 1.61. The second kappa shape index (κ2) is 5.09. The third kappa shape index (κ3) is 2.28. The molecule has 1 aromatic heterocycles. The molecular formula is C15H11ClN2O2S. The number of benzene rings is 2. The third-order valence-corrected chi connectivity index (χ3v) is 4.47. The van der Waals surface area contributed by atoms with Crippen LogP contribution in [0.25, 0.3) is 10.2 Å². The minimum atomic E-state index is 0.288. The van der Waals surface area contributed by atoms with Crippen LogP contribution in [-0.2, 0) is 6.54 Å². The van der Waals surface area contributed by atoms with Gasteiger partial charge in [0.1, 0.15) is 5.52 Å². The Bertz CT molecular complexity index is 819. The Morgan fingerprint density at radius 3 is 3.05 bits per heavy atom. The Kier molecular flexibility index (Phi) is 3.09. The van der Waals surface area contributed by atoms with Crippen LogP contribution < -0.4 is 14.8 Å². The Morgan fingerprint density at radius 2 is 2.10 bits per heavy atom. The minimum absolute atomic E-state index is 0.288. The second-order valence-electron chi connectivity index (χ2n) is 4.66. The van der Waals surface area contributed by atoms with Crippen LogP contribution >= 0.6 is 22.9 Å². The first-order valence-corrected chi connectivity index (χ1v) is 7.71. The molecule has 0 unspecified atom stereocenters. The summed E-state index contributed by atoms with van der Waals surface area (Å²) in [6.07, 6.45) is 0. The summed E-state index contributed by atoms with van der Waals surface area (Å²) < 4.78 is 11.8. The van der Waals surface area contributed by atoms with Gasteiger partial charge in [0.05, 0.1) is 20.9 Å². The van der Waals surface area contributed by atoms with Crippen LogP contribution in [0.5, 0.6) is 11.5 Å². The number of aromatic nitrogens is 1. The molecule has 0 amide bonds. The van der Waals surface area contributed by atoms with Crippen molar-refractivity contribution >= 4 is 38.8 Å². The van der Waals surface area contributed by atoms with E-state index in [4.69, 9.17) is 21.1 Å². The fourth-order valence-electron chi connectivity index (χ4n) is 2.32. The van der Waals surface area contributed by atoms with Gasteiger partial charge in [-0.2, -0.15) is 0 Å². The van der Waals surface area contributed by atoms with E-state index in [1.165, 1.54) is 0 Å². The molecule has 0 atom stereocenters. The van der Waals surface area contributed by atoms with Gasteiger partial charge in [0, 0.05) is 6.54 Å². The van der Waals surface area contributed by atoms with Gasteiger partial charge < -0.3 is 14.8 Å². The van der Waals surface area contributed by atoms with Gasteiger partial charge in [-0.05, 0) is 29.8 Å². The molecule has 4 nitrogen and oxygen atoms in total. The van der Waals surface area contributed by atoms with Crippen molar-refractivity contribution in [3.05, 3.63) is 46.4 Å². The van der Waals surface area contributed by atoms with Crippen molar-refractivity contribution in [2.45, 2.75) is 6.54 Å². The molecule has 6 heteroatoms. The van der Waals surface area contributed by atoms with Gasteiger partial charge in [-0.3, -0.25) is 0 Å². The van der Waals surface area contributed by atoms with Crippen LogP contribution in [0.15, 0.2) is 35.8 Å². The molecule has 0 saturated heterocycles. The number of hydrogen-bond donors (Lipinski definition) is 1. The van der Waals surface area contributed by atoms with Crippen LogP contribution in [0.4, 0.5) is 5.69 Å². The molecule has 0 fully saturated rings. The largest absolute Gasteiger partial charge is 0.454 e. The molecule has 0 aliphatic carbocycles. The fourth-order valence-corrected chi connectivity index (χ4v) is 3.22. The van der Waals surface area contributed by atoms with Crippen molar-refractivity contribution in [1.82, 2.24) is 4.98 Å². The van der Waals surface area contributed by atoms with Gasteiger partial charge in [-0.1, -0.05) is 17.7 Å². The lowest BCUT2D eigenvalue weighted by atomic mass is 10.2. The van der Waals surface area contributed by atoms with Gasteiger partial charge in [0.15, 0.2) is 11.5 Å². The summed E-state index contributed by atoms with van der Waals surface area (Å²) in [5.41, 5.74) is 4.70. The van der Waals surface area contributed by atoms with Gasteiger partial charge in [0.2, 0.25) is 6.79 Å². The number of fused-ring (bicyclic) bond motifs is 2. The van der Waals surface area contributed by atoms with E-state index in [0.29, 0.717) is 11.6 Å². The standard InChI is InChI=1S/C15H11ClN2O2S/c16-10-2-4-13-15(18-7-21-13)14(10)17-6-9-1-3-11-12(5-9)20-8-19-11/h1-5,7,17H,6,8H2. The fraction of sp³-hybridized carbons (Fsp3) is 0.133. The van der Waals surface area contributed by atoms with Crippen LogP contribution in [0.2, 0.25) is 5.02 Å². The lowest BCUT2D eigenvalue weighted by Crippen LogP contribution is -2.00. The van der Waals surface area contributed by atoms with Crippen molar-refractivity contribution < 1.29 is 9.47 Å². The number of hydrogen-bond acceptors (Lipinski definition) is 5. The van der Waals surface area contributed by atoms with E-state index < -0.39 is 0 Å². The Hall–Kier alpha value is -1.98. The molecule has 1 N–H and O–H groups in total. The average molecular weight is 319 g/mol. The summed E-state index contributed by atoms with van der Waals surface area (Å²) in [4.78, 5) is 4.38. The first-order chi connectivity index (χ1) is 10.3. The highest BCUT2D eigenvalue weighted by Crippen LogP contribution is 2.34. The smallest absolute Gasteiger partial charge is 0.231 e. The molecule has 1 aliphatic heterocycles. The Morgan fingerprint density at radius 1 is 1.19 bits per heavy atom. The van der Waals surface area contributed by atoms with E-state index in [9.17, 15) is 0 Å². The number of halogens is 1.